The number of aromatic nitrogens is 3. The van der Waals surface area contributed by atoms with Gasteiger partial charge in [0.1, 0.15) is 16.9 Å². The van der Waals surface area contributed by atoms with Gasteiger partial charge in [0, 0.05) is 44.0 Å². The lowest BCUT2D eigenvalue weighted by Gasteiger charge is -2.10. The third-order valence-electron chi connectivity index (χ3n) is 4.25. The van der Waals surface area contributed by atoms with Crippen LogP contribution in [0.4, 0.5) is 0 Å². The summed E-state index contributed by atoms with van der Waals surface area (Å²) in [5.41, 5.74) is 7.65. The first-order chi connectivity index (χ1) is 17.7. The molecule has 3 heterocycles. The standard InChI is InChI=1S/C15H15ClN4O3.C8H8ClN3O2/c16-14-5-4-12(10-19-14)9-13(11-20(21)22)17-7-8-23-15-3-1-2-6-18-15;9-8-2-1-6(4-11-8)3-7(10)5-12(13)14/h1-6,10-11,17H,7-9H2;1-2,4-5H,3,10H2/b13-11+;7-5+. The van der Waals surface area contributed by atoms with Crippen LogP contribution in [0.3, 0.4) is 0 Å². The summed E-state index contributed by atoms with van der Waals surface area (Å²) in [7, 11) is 0. The van der Waals surface area contributed by atoms with Crippen molar-refractivity contribution in [3.05, 3.63) is 127 Å². The summed E-state index contributed by atoms with van der Waals surface area (Å²) >= 11 is 11.3. The van der Waals surface area contributed by atoms with E-state index in [4.69, 9.17) is 33.7 Å². The van der Waals surface area contributed by atoms with Crippen LogP contribution >= 0.6 is 23.2 Å². The summed E-state index contributed by atoms with van der Waals surface area (Å²) in [5, 5.41) is 24.5. The second-order valence-electron chi connectivity index (χ2n) is 7.20. The Balaban J connectivity index is 0.000000294. The molecule has 0 aromatic carbocycles. The summed E-state index contributed by atoms with van der Waals surface area (Å²) in [4.78, 5) is 31.5. The van der Waals surface area contributed by atoms with E-state index >= 15 is 0 Å². The van der Waals surface area contributed by atoms with Gasteiger partial charge in [-0.25, -0.2) is 15.0 Å². The van der Waals surface area contributed by atoms with Crippen LogP contribution in [0.2, 0.25) is 10.3 Å². The molecule has 0 amide bonds. The number of ether oxygens (including phenoxy) is 1. The number of rotatable bonds is 11. The summed E-state index contributed by atoms with van der Waals surface area (Å²) in [6, 6.07) is 12.1. The molecule has 3 rings (SSSR count). The lowest BCUT2D eigenvalue weighted by Crippen LogP contribution is -2.22. The van der Waals surface area contributed by atoms with E-state index in [1.54, 1.807) is 48.8 Å². The molecule has 3 aromatic rings. The number of hydrogen-bond donors (Lipinski definition) is 2. The molecular weight excluding hydrogens is 525 g/mol. The highest BCUT2D eigenvalue weighted by Gasteiger charge is 2.06. The van der Waals surface area contributed by atoms with Crippen molar-refractivity contribution in [1.82, 2.24) is 20.3 Å². The van der Waals surface area contributed by atoms with Gasteiger partial charge in [-0.1, -0.05) is 41.4 Å². The summed E-state index contributed by atoms with van der Waals surface area (Å²) in [5.74, 6) is 0.510. The predicted molar refractivity (Wildman–Crippen MR) is 138 cm³/mol. The minimum absolute atomic E-state index is 0.180. The molecule has 3 N–H and O–H groups in total. The predicted octanol–water partition coefficient (Wildman–Crippen LogP) is 3.81. The first kappa shape index (κ1) is 28.9. The highest BCUT2D eigenvalue weighted by Crippen LogP contribution is 2.10. The van der Waals surface area contributed by atoms with E-state index in [2.05, 4.69) is 20.3 Å². The van der Waals surface area contributed by atoms with E-state index in [0.29, 0.717) is 47.9 Å². The molecule has 0 atom stereocenters. The molecule has 0 aliphatic heterocycles. The molecule has 12 nitrogen and oxygen atoms in total. The normalized spacial score (nSPS) is 11.2. The summed E-state index contributed by atoms with van der Waals surface area (Å²) < 4.78 is 5.43. The molecule has 3 aromatic heterocycles. The number of halogens is 2. The molecule has 0 aliphatic rings. The summed E-state index contributed by atoms with van der Waals surface area (Å²) in [6.07, 6.45) is 7.11. The van der Waals surface area contributed by atoms with Gasteiger partial charge in [-0.05, 0) is 29.3 Å². The maximum absolute atomic E-state index is 10.7. The minimum Gasteiger partial charge on any atom is -0.476 e. The number of allylic oxidation sites excluding steroid dienone is 2. The smallest absolute Gasteiger partial charge is 0.253 e. The maximum atomic E-state index is 10.7. The largest absolute Gasteiger partial charge is 0.476 e. The van der Waals surface area contributed by atoms with Crippen LogP contribution in [0.5, 0.6) is 5.88 Å². The van der Waals surface area contributed by atoms with E-state index in [9.17, 15) is 20.2 Å². The number of nitro groups is 2. The van der Waals surface area contributed by atoms with Gasteiger partial charge in [0.2, 0.25) is 5.88 Å². The second-order valence-corrected chi connectivity index (χ2v) is 7.98. The third kappa shape index (κ3) is 12.8. The molecule has 0 aliphatic carbocycles. The van der Waals surface area contributed by atoms with E-state index in [0.717, 1.165) is 23.5 Å². The Kier molecular flexibility index (Phi) is 12.2. The first-order valence-corrected chi connectivity index (χ1v) is 11.4. The fourth-order valence-corrected chi connectivity index (χ4v) is 2.96. The molecule has 0 radical (unpaired) electrons. The van der Waals surface area contributed by atoms with E-state index in [1.807, 2.05) is 6.07 Å². The maximum Gasteiger partial charge on any atom is 0.253 e. The van der Waals surface area contributed by atoms with E-state index < -0.39 is 9.85 Å². The highest BCUT2D eigenvalue weighted by atomic mass is 35.5. The Labute approximate surface area is 222 Å². The van der Waals surface area contributed by atoms with Gasteiger partial charge in [0.15, 0.2) is 0 Å². The quantitative estimate of drug-likeness (QED) is 0.155. The topological polar surface area (TPSA) is 172 Å². The van der Waals surface area contributed by atoms with Crippen molar-refractivity contribution in [3.8, 4) is 5.88 Å². The Morgan fingerprint density at radius 1 is 0.919 bits per heavy atom. The van der Waals surface area contributed by atoms with Crippen LogP contribution in [0, 0.1) is 20.2 Å². The van der Waals surface area contributed by atoms with Crippen molar-refractivity contribution in [2.24, 2.45) is 5.73 Å². The Morgan fingerprint density at radius 2 is 1.54 bits per heavy atom. The zero-order valence-electron chi connectivity index (χ0n) is 19.4. The first-order valence-electron chi connectivity index (χ1n) is 10.6. The van der Waals surface area contributed by atoms with Gasteiger partial charge in [0.05, 0.1) is 21.2 Å². The lowest BCUT2D eigenvalue weighted by molar-refractivity contribution is -0.403. The van der Waals surface area contributed by atoms with E-state index in [1.165, 1.54) is 6.20 Å². The van der Waals surface area contributed by atoms with Crippen LogP contribution in [-0.4, -0.2) is 38.0 Å². The van der Waals surface area contributed by atoms with E-state index in [-0.39, 0.29) is 5.70 Å². The van der Waals surface area contributed by atoms with Gasteiger partial charge < -0.3 is 15.8 Å². The minimum atomic E-state index is -0.585. The van der Waals surface area contributed by atoms with Crippen molar-refractivity contribution in [2.75, 3.05) is 13.2 Å². The van der Waals surface area contributed by atoms with Gasteiger partial charge in [-0.3, -0.25) is 20.2 Å². The van der Waals surface area contributed by atoms with Crippen molar-refractivity contribution < 1.29 is 14.6 Å². The zero-order valence-corrected chi connectivity index (χ0v) is 20.9. The monoisotopic (exact) mass is 547 g/mol. The highest BCUT2D eigenvalue weighted by molar-refractivity contribution is 6.29. The summed E-state index contributed by atoms with van der Waals surface area (Å²) in [6.45, 7) is 0.752. The van der Waals surface area contributed by atoms with Gasteiger partial charge >= 0.3 is 0 Å². The van der Waals surface area contributed by atoms with Crippen LogP contribution in [-0.2, 0) is 12.8 Å². The van der Waals surface area contributed by atoms with Crippen LogP contribution in [0.15, 0.2) is 84.8 Å². The molecule has 0 unspecified atom stereocenters. The Hall–Kier alpha value is -4.29. The fourth-order valence-electron chi connectivity index (χ4n) is 2.74. The number of pyridine rings is 3. The molecule has 0 bridgehead atoms. The number of nitrogens with one attached hydrogen (secondary N) is 1. The average Bonchev–Trinajstić information content (AvgIpc) is 2.85. The number of hydrogen-bond acceptors (Lipinski definition) is 10. The van der Waals surface area contributed by atoms with Crippen molar-refractivity contribution in [3.63, 3.8) is 0 Å². The molecule has 194 valence electrons. The van der Waals surface area contributed by atoms with Crippen LogP contribution in [0.1, 0.15) is 11.1 Å². The van der Waals surface area contributed by atoms with Gasteiger partial charge in [-0.15, -0.1) is 0 Å². The molecule has 0 spiro atoms. The molecule has 37 heavy (non-hydrogen) atoms. The van der Waals surface area contributed by atoms with Crippen LogP contribution in [0.25, 0.3) is 0 Å². The molecule has 0 fully saturated rings. The lowest BCUT2D eigenvalue weighted by atomic mass is 10.2. The second kappa shape index (κ2) is 15.7. The molecular formula is C23H23Cl2N7O5. The van der Waals surface area contributed by atoms with Crippen molar-refractivity contribution in [1.29, 1.82) is 0 Å². The molecule has 0 saturated carbocycles. The van der Waals surface area contributed by atoms with Crippen LogP contribution < -0.4 is 15.8 Å². The van der Waals surface area contributed by atoms with Crippen molar-refractivity contribution in [2.45, 2.75) is 12.8 Å². The van der Waals surface area contributed by atoms with Gasteiger partial charge in [-0.2, -0.15) is 0 Å². The molecule has 14 heteroatoms. The Morgan fingerprint density at radius 3 is 2.05 bits per heavy atom. The zero-order chi connectivity index (χ0) is 27.0. The van der Waals surface area contributed by atoms with Gasteiger partial charge in [0.25, 0.3) is 12.4 Å². The van der Waals surface area contributed by atoms with Crippen molar-refractivity contribution >= 4 is 23.2 Å². The third-order valence-corrected chi connectivity index (χ3v) is 4.70. The Bertz CT molecular complexity index is 1210. The number of nitrogens with two attached hydrogens (primary N) is 1. The fraction of sp³-hybridized carbons (Fsp3) is 0.174. The SMILES string of the molecule is N/C(=C/[N+](=O)[O-])Cc1ccc(Cl)nc1.O=[N+]([O-])/C=C(\Cc1ccc(Cl)nc1)NCCOc1ccccn1. The number of nitrogens with zero attached hydrogens (tertiary/aromatic N) is 5. The average molecular weight is 548 g/mol. The molecule has 0 saturated heterocycles.